The molecule has 5 heteroatoms. The van der Waals surface area contributed by atoms with Crippen molar-refractivity contribution in [3.63, 3.8) is 0 Å². The van der Waals surface area contributed by atoms with Crippen LogP contribution in [0.1, 0.15) is 12.8 Å². The van der Waals surface area contributed by atoms with Gasteiger partial charge in [-0.15, -0.1) is 0 Å². The lowest BCUT2D eigenvalue weighted by molar-refractivity contribution is -0.115. The van der Waals surface area contributed by atoms with Gasteiger partial charge in [0.05, 0.1) is 5.03 Å². The zero-order valence-electron chi connectivity index (χ0n) is 5.33. The molecule has 0 amide bonds. The Balaban J connectivity index is 3.07. The van der Waals surface area contributed by atoms with Crippen LogP contribution in [0, 0.1) is 0 Å². The Labute approximate surface area is 84.2 Å². The Morgan fingerprint density at radius 2 is 1.82 bits per heavy atom. The number of Topliss-reactive ketones (excluding diaryl/α,β-unsaturated/α-hetero) is 1. The minimum absolute atomic E-state index is 0.0390. The number of carbonyl (C=O) groups is 1. The highest BCUT2D eigenvalue weighted by Crippen LogP contribution is 2.43. The van der Waals surface area contributed by atoms with Crippen LogP contribution in [0.5, 0.6) is 0 Å². The summed E-state index contributed by atoms with van der Waals surface area (Å²) >= 11 is 22.6. The van der Waals surface area contributed by atoms with Gasteiger partial charge in [0, 0.05) is 6.42 Å². The fraction of sp³-hybridized carbons (Fsp3) is 0.500. The molecule has 0 saturated heterocycles. The predicted octanol–water partition coefficient (Wildman–Crippen LogP) is 3.21. The topological polar surface area (TPSA) is 17.1 Å². The van der Waals surface area contributed by atoms with E-state index in [1.54, 1.807) is 0 Å². The first-order valence-corrected chi connectivity index (χ1v) is 4.43. The molecule has 0 N–H and O–H groups in total. The molecule has 0 fully saturated rings. The summed E-state index contributed by atoms with van der Waals surface area (Å²) in [7, 11) is 0. The van der Waals surface area contributed by atoms with Gasteiger partial charge in [0.25, 0.3) is 0 Å². The average molecular weight is 234 g/mol. The van der Waals surface area contributed by atoms with Crippen LogP contribution in [0.3, 0.4) is 0 Å². The molecular formula is C6H4Cl4O. The van der Waals surface area contributed by atoms with Gasteiger partial charge < -0.3 is 0 Å². The number of carbonyl (C=O) groups excluding carboxylic acids is 1. The predicted molar refractivity (Wildman–Crippen MR) is 47.4 cm³/mol. The normalized spacial score (nSPS) is 24.2. The summed E-state index contributed by atoms with van der Waals surface area (Å²) in [5, 5.41) is 0.00154. The second-order valence-electron chi connectivity index (χ2n) is 2.26. The Bertz CT molecular complexity index is 231. The Kier molecular flexibility index (Phi) is 2.75. The molecule has 0 aromatic rings. The number of alkyl halides is 2. The van der Waals surface area contributed by atoms with Crippen LogP contribution in [0.25, 0.3) is 0 Å². The molecule has 0 spiro atoms. The molecule has 0 bridgehead atoms. The van der Waals surface area contributed by atoms with Crippen LogP contribution < -0.4 is 0 Å². The van der Waals surface area contributed by atoms with Crippen LogP contribution in [0.4, 0.5) is 0 Å². The molecule has 0 saturated carbocycles. The summed E-state index contributed by atoms with van der Waals surface area (Å²) in [4.78, 5) is 10.9. The number of halogens is 4. The minimum atomic E-state index is -1.17. The molecule has 0 unspecified atom stereocenters. The van der Waals surface area contributed by atoms with Crippen molar-refractivity contribution in [2.75, 3.05) is 0 Å². The first kappa shape index (κ1) is 9.66. The molecule has 0 radical (unpaired) electrons. The van der Waals surface area contributed by atoms with Crippen LogP contribution in [-0.2, 0) is 4.79 Å². The van der Waals surface area contributed by atoms with E-state index in [1.165, 1.54) is 0 Å². The standard InChI is InChI=1S/C6H4Cl4O/c7-4-3(11)1-2-6(9,10)5(4)8/h1-2H2. The highest BCUT2D eigenvalue weighted by atomic mass is 35.5. The van der Waals surface area contributed by atoms with Gasteiger partial charge in [0.2, 0.25) is 0 Å². The minimum Gasteiger partial charge on any atom is -0.293 e. The number of hydrogen-bond donors (Lipinski definition) is 0. The summed E-state index contributed by atoms with van der Waals surface area (Å²) in [6, 6.07) is 0. The van der Waals surface area contributed by atoms with Crippen LogP contribution in [-0.4, -0.2) is 10.1 Å². The summed E-state index contributed by atoms with van der Waals surface area (Å²) in [6.07, 6.45) is 0.575. The molecule has 0 aromatic carbocycles. The zero-order valence-corrected chi connectivity index (χ0v) is 8.36. The van der Waals surface area contributed by atoms with Gasteiger partial charge in [-0.3, -0.25) is 4.79 Å². The number of ketones is 1. The van der Waals surface area contributed by atoms with Crippen molar-refractivity contribution in [2.24, 2.45) is 0 Å². The van der Waals surface area contributed by atoms with Gasteiger partial charge in [0.1, 0.15) is 5.03 Å². The van der Waals surface area contributed by atoms with Crippen LogP contribution in [0.15, 0.2) is 10.1 Å². The van der Waals surface area contributed by atoms with E-state index in [0.717, 1.165) is 0 Å². The summed E-state index contributed by atoms with van der Waals surface area (Å²) in [5.74, 6) is -0.200. The molecule has 1 aliphatic rings. The third kappa shape index (κ3) is 1.83. The Morgan fingerprint density at radius 1 is 1.27 bits per heavy atom. The van der Waals surface area contributed by atoms with E-state index in [2.05, 4.69) is 0 Å². The van der Waals surface area contributed by atoms with E-state index in [9.17, 15) is 4.79 Å². The maximum absolute atomic E-state index is 10.9. The fourth-order valence-corrected chi connectivity index (χ4v) is 1.70. The second-order valence-corrected chi connectivity index (χ2v) is 4.50. The number of hydrogen-bond acceptors (Lipinski definition) is 1. The molecule has 1 rings (SSSR count). The SMILES string of the molecule is O=C1CCC(Cl)(Cl)C(Cl)=C1Cl. The second kappa shape index (κ2) is 3.14. The molecule has 0 atom stereocenters. The largest absolute Gasteiger partial charge is 0.293 e. The van der Waals surface area contributed by atoms with Crippen molar-refractivity contribution >= 4 is 52.2 Å². The monoisotopic (exact) mass is 232 g/mol. The lowest BCUT2D eigenvalue weighted by Crippen LogP contribution is -2.22. The third-order valence-corrected chi connectivity index (χ3v) is 3.38. The van der Waals surface area contributed by atoms with E-state index >= 15 is 0 Å². The maximum atomic E-state index is 10.9. The van der Waals surface area contributed by atoms with E-state index in [4.69, 9.17) is 46.4 Å². The van der Waals surface area contributed by atoms with Crippen molar-refractivity contribution in [3.8, 4) is 0 Å². The Hall–Kier alpha value is 0.570. The van der Waals surface area contributed by atoms with Crippen LogP contribution >= 0.6 is 46.4 Å². The number of allylic oxidation sites excluding steroid dienone is 2. The quantitative estimate of drug-likeness (QED) is 0.588. The summed E-state index contributed by atoms with van der Waals surface area (Å²) < 4.78 is -1.17. The highest BCUT2D eigenvalue weighted by molar-refractivity contribution is 6.60. The van der Waals surface area contributed by atoms with Gasteiger partial charge >= 0.3 is 0 Å². The molecule has 0 aliphatic heterocycles. The van der Waals surface area contributed by atoms with Crippen molar-refractivity contribution in [1.29, 1.82) is 0 Å². The van der Waals surface area contributed by atoms with Gasteiger partial charge in [-0.25, -0.2) is 0 Å². The Morgan fingerprint density at radius 3 is 2.27 bits per heavy atom. The van der Waals surface area contributed by atoms with Crippen molar-refractivity contribution in [1.82, 2.24) is 0 Å². The van der Waals surface area contributed by atoms with E-state index < -0.39 is 4.33 Å². The van der Waals surface area contributed by atoms with E-state index in [1.807, 2.05) is 0 Å². The van der Waals surface area contributed by atoms with Crippen molar-refractivity contribution in [3.05, 3.63) is 10.1 Å². The van der Waals surface area contributed by atoms with Crippen molar-refractivity contribution < 1.29 is 4.79 Å². The smallest absolute Gasteiger partial charge is 0.175 e. The van der Waals surface area contributed by atoms with Gasteiger partial charge in [-0.1, -0.05) is 46.4 Å². The third-order valence-electron chi connectivity index (χ3n) is 1.42. The van der Waals surface area contributed by atoms with E-state index in [0.29, 0.717) is 6.42 Å². The summed E-state index contributed by atoms with van der Waals surface area (Å²) in [6.45, 7) is 0. The summed E-state index contributed by atoms with van der Waals surface area (Å²) in [5.41, 5.74) is 0. The molecule has 11 heavy (non-hydrogen) atoms. The first-order valence-electron chi connectivity index (χ1n) is 2.92. The van der Waals surface area contributed by atoms with Gasteiger partial charge in [-0.05, 0) is 6.42 Å². The van der Waals surface area contributed by atoms with Crippen molar-refractivity contribution in [2.45, 2.75) is 17.2 Å². The molecule has 0 aromatic heterocycles. The molecule has 1 nitrogen and oxygen atoms in total. The zero-order chi connectivity index (χ0) is 8.65. The highest BCUT2D eigenvalue weighted by Gasteiger charge is 2.36. The fourth-order valence-electron chi connectivity index (χ4n) is 0.773. The lowest BCUT2D eigenvalue weighted by Gasteiger charge is -2.23. The average Bonchev–Trinajstić information content (AvgIpc) is 1.95. The van der Waals surface area contributed by atoms with E-state index in [-0.39, 0.29) is 22.3 Å². The number of rotatable bonds is 0. The lowest BCUT2D eigenvalue weighted by atomic mass is 10.1. The molecule has 1 aliphatic carbocycles. The first-order chi connectivity index (χ1) is 4.95. The molecular weight excluding hydrogens is 230 g/mol. The van der Waals surface area contributed by atoms with Gasteiger partial charge in [0.15, 0.2) is 10.1 Å². The van der Waals surface area contributed by atoms with Crippen LogP contribution in [0.2, 0.25) is 0 Å². The maximum Gasteiger partial charge on any atom is 0.175 e. The molecule has 0 heterocycles. The van der Waals surface area contributed by atoms with Gasteiger partial charge in [-0.2, -0.15) is 0 Å². The molecule has 62 valence electrons.